The van der Waals surface area contributed by atoms with Gasteiger partial charge in [0.2, 0.25) is 0 Å². The Morgan fingerprint density at radius 1 is 1.40 bits per heavy atom. The highest BCUT2D eigenvalue weighted by Gasteiger charge is 2.48. The Morgan fingerprint density at radius 2 is 2.08 bits per heavy atom. The maximum Gasteiger partial charge on any atom is 0.415 e. The number of nitrogens with zero attached hydrogens (tertiary/aromatic N) is 1. The Kier molecular flexibility index (Phi) is 4.66. The molecular weight excluding hydrogens is 409 g/mol. The van der Waals surface area contributed by atoms with E-state index in [-0.39, 0.29) is 11.1 Å². The van der Waals surface area contributed by atoms with Gasteiger partial charge in [-0.25, -0.2) is 9.18 Å². The average Bonchev–Trinajstić information content (AvgIpc) is 2.82. The van der Waals surface area contributed by atoms with Crippen molar-refractivity contribution in [3.8, 4) is 5.75 Å². The van der Waals surface area contributed by atoms with E-state index in [4.69, 9.17) is 13.9 Å². The zero-order valence-electron chi connectivity index (χ0n) is 15.1. The first kappa shape index (κ1) is 18.7. The summed E-state index contributed by atoms with van der Waals surface area (Å²) in [6, 6.07) is 2.52. The van der Waals surface area contributed by atoms with Crippen LogP contribution in [0.25, 0.3) is 0 Å². The lowest BCUT2D eigenvalue weighted by Gasteiger charge is -2.37. The highest BCUT2D eigenvalue weighted by molar-refractivity contribution is 9.10. The van der Waals surface area contributed by atoms with Crippen molar-refractivity contribution in [1.82, 2.24) is 0 Å². The fourth-order valence-electron chi connectivity index (χ4n) is 2.67. The van der Waals surface area contributed by atoms with Gasteiger partial charge >= 0.3 is 6.09 Å². The summed E-state index contributed by atoms with van der Waals surface area (Å²) < 4.78 is 31.7. The number of halogens is 2. The highest BCUT2D eigenvalue weighted by Crippen LogP contribution is 2.42. The minimum absolute atomic E-state index is 0.0698. The Bertz CT molecular complexity index is 707. The van der Waals surface area contributed by atoms with Crippen LogP contribution in [-0.4, -0.2) is 39.8 Å². The smallest absolute Gasteiger partial charge is 0.415 e. The van der Waals surface area contributed by atoms with Crippen molar-refractivity contribution in [1.29, 1.82) is 0 Å². The topological polar surface area (TPSA) is 48.0 Å². The molecule has 0 N–H and O–H groups in total. The molecule has 1 amide bonds. The van der Waals surface area contributed by atoms with Crippen LogP contribution in [0.3, 0.4) is 0 Å². The second-order valence-corrected chi connectivity index (χ2v) is 13.6. The molecule has 1 fully saturated rings. The number of hydrogen-bond donors (Lipinski definition) is 0. The number of anilines is 1. The van der Waals surface area contributed by atoms with Gasteiger partial charge in [0.05, 0.1) is 16.8 Å². The Balaban J connectivity index is 1.80. The molecule has 0 aliphatic carbocycles. The van der Waals surface area contributed by atoms with Gasteiger partial charge in [0, 0.05) is 6.07 Å². The number of ether oxygens (including phenoxy) is 2. The molecule has 1 aromatic carbocycles. The van der Waals surface area contributed by atoms with Crippen molar-refractivity contribution < 1.29 is 23.1 Å². The summed E-state index contributed by atoms with van der Waals surface area (Å²) in [6.07, 6.45) is -0.915. The summed E-state index contributed by atoms with van der Waals surface area (Å²) in [5.74, 6) is 0.0178. The molecule has 0 radical (unpaired) electrons. The largest absolute Gasteiger partial charge is 0.489 e. The van der Waals surface area contributed by atoms with Gasteiger partial charge in [0.25, 0.3) is 0 Å². The van der Waals surface area contributed by atoms with Crippen LogP contribution in [0.15, 0.2) is 16.6 Å². The summed E-state index contributed by atoms with van der Waals surface area (Å²) in [6.45, 7) is 11.4. The van der Waals surface area contributed by atoms with E-state index in [1.807, 2.05) is 0 Å². The van der Waals surface area contributed by atoms with E-state index in [0.717, 1.165) is 0 Å². The molecule has 3 rings (SSSR count). The van der Waals surface area contributed by atoms with Gasteiger partial charge in [-0.1, -0.05) is 20.8 Å². The Labute approximate surface area is 156 Å². The van der Waals surface area contributed by atoms with Crippen LogP contribution in [-0.2, 0) is 9.16 Å². The normalized spacial score (nSPS) is 23.0. The van der Waals surface area contributed by atoms with Crippen molar-refractivity contribution in [3.05, 3.63) is 22.4 Å². The number of fused-ring (bicyclic) bond motifs is 3. The van der Waals surface area contributed by atoms with Gasteiger partial charge in [-0.2, -0.15) is 0 Å². The monoisotopic (exact) mass is 431 g/mol. The molecule has 0 aromatic heterocycles. The van der Waals surface area contributed by atoms with Crippen molar-refractivity contribution in [3.63, 3.8) is 0 Å². The van der Waals surface area contributed by atoms with E-state index in [1.54, 1.807) is 0 Å². The molecular formula is C17H23BrFNO4Si. The maximum atomic E-state index is 13.9. The SMILES string of the molecule is CC(C)(C)[Si](C)(C)OC[C@@H]1OC(=O)N2c3cc(F)c(Br)cc3OC[C@@H]12. The van der Waals surface area contributed by atoms with Crippen LogP contribution in [0.2, 0.25) is 18.1 Å². The minimum Gasteiger partial charge on any atom is -0.489 e. The van der Waals surface area contributed by atoms with Gasteiger partial charge in [-0.3, -0.25) is 4.90 Å². The van der Waals surface area contributed by atoms with Gasteiger partial charge in [0.15, 0.2) is 8.32 Å². The first-order chi connectivity index (χ1) is 11.5. The predicted molar refractivity (Wildman–Crippen MR) is 99.3 cm³/mol. The average molecular weight is 432 g/mol. The van der Waals surface area contributed by atoms with Crippen molar-refractivity contribution in [2.75, 3.05) is 18.1 Å². The third-order valence-electron chi connectivity index (χ3n) is 5.30. The van der Waals surface area contributed by atoms with Crippen LogP contribution in [0.5, 0.6) is 5.75 Å². The summed E-state index contributed by atoms with van der Waals surface area (Å²) in [7, 11) is -1.96. The number of cyclic esters (lactones) is 1. The minimum atomic E-state index is -1.96. The van der Waals surface area contributed by atoms with E-state index in [1.165, 1.54) is 17.0 Å². The lowest BCUT2D eigenvalue weighted by Crippen LogP contribution is -2.48. The molecule has 25 heavy (non-hydrogen) atoms. The second kappa shape index (κ2) is 6.24. The highest BCUT2D eigenvalue weighted by atomic mass is 79.9. The molecule has 8 heteroatoms. The molecule has 0 saturated carbocycles. The number of amides is 1. The predicted octanol–water partition coefficient (Wildman–Crippen LogP) is 4.70. The molecule has 0 bridgehead atoms. The van der Waals surface area contributed by atoms with E-state index < -0.39 is 26.3 Å². The van der Waals surface area contributed by atoms with Gasteiger partial charge in [-0.05, 0) is 40.1 Å². The molecule has 1 saturated heterocycles. The van der Waals surface area contributed by atoms with E-state index >= 15 is 0 Å². The fourth-order valence-corrected chi connectivity index (χ4v) is 4.01. The number of rotatable bonds is 3. The molecule has 1 aromatic rings. The standard InChI is InChI=1S/C17H23BrFNO4Si/c1-17(2,3)25(4,5)23-9-15-13-8-22-14-6-10(18)11(19)7-12(14)20(13)16(21)24-15/h6-7,13,15H,8-9H2,1-5H3/t13-,15-/m0/s1. The molecule has 2 heterocycles. The van der Waals surface area contributed by atoms with Gasteiger partial charge in [0.1, 0.15) is 30.3 Å². The van der Waals surface area contributed by atoms with Crippen molar-refractivity contribution in [2.24, 2.45) is 0 Å². The number of hydrogen-bond acceptors (Lipinski definition) is 4. The number of benzene rings is 1. The first-order valence-electron chi connectivity index (χ1n) is 8.27. The fraction of sp³-hybridized carbons (Fsp3) is 0.588. The maximum absolute atomic E-state index is 13.9. The molecule has 138 valence electrons. The molecule has 2 aliphatic heterocycles. The Hall–Kier alpha value is -1.12. The lowest BCUT2D eigenvalue weighted by molar-refractivity contribution is 0.0770. The van der Waals surface area contributed by atoms with E-state index in [2.05, 4.69) is 49.8 Å². The second-order valence-electron chi connectivity index (χ2n) is 7.98. The molecule has 0 spiro atoms. The van der Waals surface area contributed by atoms with Gasteiger partial charge < -0.3 is 13.9 Å². The molecule has 5 nitrogen and oxygen atoms in total. The van der Waals surface area contributed by atoms with Crippen molar-refractivity contribution >= 4 is 36.0 Å². The summed E-state index contributed by atoms with van der Waals surface area (Å²) in [5.41, 5.74) is 0.400. The third-order valence-corrected chi connectivity index (χ3v) is 10.4. The molecule has 2 aliphatic rings. The summed E-state index contributed by atoms with van der Waals surface area (Å²) in [4.78, 5) is 13.8. The Morgan fingerprint density at radius 3 is 2.72 bits per heavy atom. The zero-order chi connectivity index (χ0) is 18.6. The lowest BCUT2D eigenvalue weighted by atomic mass is 10.1. The molecule has 2 atom stereocenters. The summed E-state index contributed by atoms with van der Waals surface area (Å²) >= 11 is 3.13. The van der Waals surface area contributed by atoms with Crippen LogP contribution in [0.1, 0.15) is 20.8 Å². The summed E-state index contributed by atoms with van der Waals surface area (Å²) in [5, 5.41) is 0.0698. The quantitative estimate of drug-likeness (QED) is 0.650. The first-order valence-corrected chi connectivity index (χ1v) is 12.0. The van der Waals surface area contributed by atoms with Crippen LogP contribution < -0.4 is 9.64 Å². The van der Waals surface area contributed by atoms with Gasteiger partial charge in [-0.15, -0.1) is 0 Å². The van der Waals surface area contributed by atoms with Crippen LogP contribution >= 0.6 is 15.9 Å². The number of carbonyl (C=O) groups is 1. The van der Waals surface area contributed by atoms with Crippen molar-refractivity contribution in [2.45, 2.75) is 51.0 Å². The third kappa shape index (κ3) is 3.31. The number of carbonyl (C=O) groups excluding carboxylic acids is 1. The molecule has 0 unspecified atom stereocenters. The van der Waals surface area contributed by atoms with E-state index in [0.29, 0.717) is 29.1 Å². The van der Waals surface area contributed by atoms with E-state index in [9.17, 15) is 9.18 Å². The van der Waals surface area contributed by atoms with Crippen LogP contribution in [0, 0.1) is 5.82 Å². The zero-order valence-corrected chi connectivity index (χ0v) is 17.6. The van der Waals surface area contributed by atoms with Crippen LogP contribution in [0.4, 0.5) is 14.9 Å².